The second-order valence-corrected chi connectivity index (χ2v) is 3.24. The van der Waals surface area contributed by atoms with Gasteiger partial charge in [0.25, 0.3) is 0 Å². The average Bonchev–Trinajstić information content (AvgIpc) is 2.53. The fraction of sp³-hybridized carbons (Fsp3) is 0.444. The highest BCUT2D eigenvalue weighted by Gasteiger charge is 2.03. The summed E-state index contributed by atoms with van der Waals surface area (Å²) in [7, 11) is 0. The summed E-state index contributed by atoms with van der Waals surface area (Å²) in [5.74, 6) is 0.663. The van der Waals surface area contributed by atoms with Crippen LogP contribution in [0, 0.1) is 13.8 Å². The highest BCUT2D eigenvalue weighted by Crippen LogP contribution is 2.00. The van der Waals surface area contributed by atoms with Gasteiger partial charge in [0.2, 0.25) is 5.96 Å². The van der Waals surface area contributed by atoms with Crippen LogP contribution in [0.15, 0.2) is 16.3 Å². The first-order valence-electron chi connectivity index (χ1n) is 4.73. The van der Waals surface area contributed by atoms with Crippen LogP contribution in [0.1, 0.15) is 24.7 Å². The lowest BCUT2D eigenvalue weighted by molar-refractivity contribution is 0.861. The van der Waals surface area contributed by atoms with E-state index in [1.54, 1.807) is 0 Å². The summed E-state index contributed by atoms with van der Waals surface area (Å²) in [5, 5.41) is 11.7. The predicted molar refractivity (Wildman–Crippen MR) is 60.6 cm³/mol. The van der Waals surface area contributed by atoms with Crippen molar-refractivity contribution in [2.24, 2.45) is 21.7 Å². The van der Waals surface area contributed by atoms with E-state index in [9.17, 15) is 0 Å². The molecule has 1 aromatic heterocycles. The Balaban J connectivity index is 2.94. The van der Waals surface area contributed by atoms with Crippen molar-refractivity contribution >= 4 is 11.8 Å². The summed E-state index contributed by atoms with van der Waals surface area (Å²) < 4.78 is 1.53. The molecule has 6 nitrogen and oxygen atoms in total. The maximum Gasteiger partial charge on any atom is 0.241 e. The molecule has 4 N–H and O–H groups in total. The summed E-state index contributed by atoms with van der Waals surface area (Å²) in [6, 6.07) is 1.91. The SMILES string of the molecule is CC/C(N)=N/N=C(\N)n1nc(C)cc1C. The second-order valence-electron chi connectivity index (χ2n) is 3.24. The van der Waals surface area contributed by atoms with Gasteiger partial charge in [0.15, 0.2) is 0 Å². The fourth-order valence-corrected chi connectivity index (χ4v) is 1.09. The third-order valence-corrected chi connectivity index (χ3v) is 1.87. The Hall–Kier alpha value is -1.85. The third kappa shape index (κ3) is 2.80. The summed E-state index contributed by atoms with van der Waals surface area (Å²) >= 11 is 0. The number of aromatic nitrogens is 2. The van der Waals surface area contributed by atoms with Gasteiger partial charge in [-0.3, -0.25) is 0 Å². The van der Waals surface area contributed by atoms with Gasteiger partial charge < -0.3 is 11.5 Å². The minimum absolute atomic E-state index is 0.219. The number of hydrogen-bond donors (Lipinski definition) is 2. The molecular formula is C9H16N6. The van der Waals surface area contributed by atoms with Crippen LogP contribution in [0.5, 0.6) is 0 Å². The number of amidine groups is 1. The Morgan fingerprint density at radius 1 is 1.40 bits per heavy atom. The van der Waals surface area contributed by atoms with Crippen molar-refractivity contribution in [2.45, 2.75) is 27.2 Å². The zero-order valence-corrected chi connectivity index (χ0v) is 9.23. The normalized spacial score (nSPS) is 13.3. The molecular weight excluding hydrogens is 192 g/mol. The number of aryl methyl sites for hydroxylation is 2. The molecule has 0 aliphatic carbocycles. The molecule has 15 heavy (non-hydrogen) atoms. The summed E-state index contributed by atoms with van der Waals surface area (Å²) in [6.07, 6.45) is 0.647. The maximum atomic E-state index is 5.70. The third-order valence-electron chi connectivity index (χ3n) is 1.87. The molecule has 0 fully saturated rings. The van der Waals surface area contributed by atoms with Gasteiger partial charge in [-0.15, -0.1) is 10.2 Å². The largest absolute Gasteiger partial charge is 0.386 e. The quantitative estimate of drug-likeness (QED) is 0.417. The van der Waals surface area contributed by atoms with E-state index in [0.29, 0.717) is 12.3 Å². The molecule has 0 saturated heterocycles. The first-order chi connectivity index (χ1) is 7.04. The molecule has 0 aliphatic heterocycles. The molecule has 0 radical (unpaired) electrons. The van der Waals surface area contributed by atoms with Crippen LogP contribution in [-0.4, -0.2) is 21.6 Å². The smallest absolute Gasteiger partial charge is 0.241 e. The number of hydrogen-bond acceptors (Lipinski definition) is 3. The van der Waals surface area contributed by atoms with E-state index in [0.717, 1.165) is 11.4 Å². The molecule has 0 atom stereocenters. The van der Waals surface area contributed by atoms with E-state index >= 15 is 0 Å². The van der Waals surface area contributed by atoms with Gasteiger partial charge in [-0.25, -0.2) is 4.68 Å². The molecule has 1 heterocycles. The highest BCUT2D eigenvalue weighted by atomic mass is 15.4. The Bertz CT molecular complexity index is 401. The van der Waals surface area contributed by atoms with Crippen LogP contribution in [0.25, 0.3) is 0 Å². The lowest BCUT2D eigenvalue weighted by Crippen LogP contribution is -2.24. The van der Waals surface area contributed by atoms with Crippen molar-refractivity contribution in [3.8, 4) is 0 Å². The molecule has 82 valence electrons. The van der Waals surface area contributed by atoms with Crippen molar-refractivity contribution in [3.05, 3.63) is 17.5 Å². The molecule has 0 unspecified atom stereocenters. The van der Waals surface area contributed by atoms with E-state index in [2.05, 4.69) is 15.3 Å². The summed E-state index contributed by atoms with van der Waals surface area (Å²) in [4.78, 5) is 0. The number of nitrogens with zero attached hydrogens (tertiary/aromatic N) is 4. The molecule has 0 bridgehead atoms. The van der Waals surface area contributed by atoms with Crippen LogP contribution in [-0.2, 0) is 0 Å². The van der Waals surface area contributed by atoms with Crippen LogP contribution in [0.3, 0.4) is 0 Å². The molecule has 0 aliphatic rings. The van der Waals surface area contributed by atoms with Crippen LogP contribution in [0.4, 0.5) is 0 Å². The van der Waals surface area contributed by atoms with Crippen molar-refractivity contribution in [2.75, 3.05) is 0 Å². The summed E-state index contributed by atoms with van der Waals surface area (Å²) in [6.45, 7) is 5.68. The maximum absolute atomic E-state index is 5.70. The van der Waals surface area contributed by atoms with Gasteiger partial charge in [-0.1, -0.05) is 6.92 Å². The van der Waals surface area contributed by atoms with E-state index < -0.39 is 0 Å². The van der Waals surface area contributed by atoms with Crippen LogP contribution < -0.4 is 11.5 Å². The van der Waals surface area contributed by atoms with Gasteiger partial charge in [0.1, 0.15) is 5.84 Å². The molecule has 1 aromatic rings. The molecule has 0 saturated carbocycles. The van der Waals surface area contributed by atoms with Gasteiger partial charge in [-0.05, 0) is 19.9 Å². The fourth-order valence-electron chi connectivity index (χ4n) is 1.09. The average molecular weight is 208 g/mol. The number of rotatable bonds is 2. The first kappa shape index (κ1) is 11.2. The Labute approximate surface area is 88.7 Å². The minimum Gasteiger partial charge on any atom is -0.386 e. The topological polar surface area (TPSA) is 94.6 Å². The van der Waals surface area contributed by atoms with Crippen LogP contribution >= 0.6 is 0 Å². The molecule has 0 spiro atoms. The zero-order chi connectivity index (χ0) is 11.4. The lowest BCUT2D eigenvalue weighted by atomic mass is 10.4. The van der Waals surface area contributed by atoms with Crippen molar-refractivity contribution in [3.63, 3.8) is 0 Å². The van der Waals surface area contributed by atoms with Crippen molar-refractivity contribution < 1.29 is 0 Å². The van der Waals surface area contributed by atoms with Crippen LogP contribution in [0.2, 0.25) is 0 Å². The zero-order valence-electron chi connectivity index (χ0n) is 9.23. The van der Waals surface area contributed by atoms with E-state index in [4.69, 9.17) is 11.5 Å². The van der Waals surface area contributed by atoms with Crippen molar-refractivity contribution in [1.29, 1.82) is 0 Å². The second kappa shape index (κ2) is 4.59. The van der Waals surface area contributed by atoms with Gasteiger partial charge in [0, 0.05) is 12.1 Å². The predicted octanol–water partition coefficient (Wildman–Crippen LogP) is 0.345. The Morgan fingerprint density at radius 2 is 2.07 bits per heavy atom. The summed E-state index contributed by atoms with van der Waals surface area (Å²) in [5.41, 5.74) is 13.0. The van der Waals surface area contributed by atoms with E-state index in [1.165, 1.54) is 4.68 Å². The monoisotopic (exact) mass is 208 g/mol. The highest BCUT2D eigenvalue weighted by molar-refractivity contribution is 5.83. The first-order valence-corrected chi connectivity index (χ1v) is 4.73. The van der Waals surface area contributed by atoms with E-state index in [-0.39, 0.29) is 5.96 Å². The molecule has 1 rings (SSSR count). The molecule has 0 amide bonds. The minimum atomic E-state index is 0.219. The van der Waals surface area contributed by atoms with Gasteiger partial charge in [0.05, 0.1) is 5.69 Å². The lowest BCUT2D eigenvalue weighted by Gasteiger charge is -2.00. The molecule has 6 heteroatoms. The van der Waals surface area contributed by atoms with Gasteiger partial charge in [-0.2, -0.15) is 5.10 Å². The molecule has 0 aromatic carbocycles. The number of nitrogens with two attached hydrogens (primary N) is 2. The van der Waals surface area contributed by atoms with Crippen molar-refractivity contribution in [1.82, 2.24) is 9.78 Å². The Morgan fingerprint density at radius 3 is 2.53 bits per heavy atom. The standard InChI is InChI=1S/C9H16N6/c1-4-8(10)12-13-9(11)15-7(3)5-6(2)14-15/h5H,4H2,1-3H3,(H2,10,12)(H2,11,13). The Kier molecular flexibility index (Phi) is 3.43. The van der Waals surface area contributed by atoms with Gasteiger partial charge >= 0.3 is 0 Å². The van der Waals surface area contributed by atoms with E-state index in [1.807, 2.05) is 26.8 Å².